The van der Waals surface area contributed by atoms with Crippen molar-refractivity contribution in [3.05, 3.63) is 0 Å². The molecule has 3 heterocycles. The molecule has 4 aliphatic rings. The van der Waals surface area contributed by atoms with E-state index in [4.69, 9.17) is 9.47 Å². The van der Waals surface area contributed by atoms with Crippen LogP contribution in [0.4, 0.5) is 4.79 Å². The van der Waals surface area contributed by atoms with Crippen LogP contribution in [-0.2, 0) is 19.1 Å². The van der Waals surface area contributed by atoms with Gasteiger partial charge in [-0.3, -0.25) is 14.5 Å². The number of hydrogen-bond donors (Lipinski definition) is 1. The Morgan fingerprint density at radius 1 is 1.11 bits per heavy atom. The molecule has 8 nitrogen and oxygen atoms in total. The van der Waals surface area contributed by atoms with Gasteiger partial charge in [-0.25, -0.2) is 4.79 Å². The van der Waals surface area contributed by atoms with Gasteiger partial charge < -0.3 is 19.7 Å². The lowest BCUT2D eigenvalue weighted by Crippen LogP contribution is -2.44. The van der Waals surface area contributed by atoms with E-state index in [1.807, 2.05) is 4.90 Å². The van der Waals surface area contributed by atoms with Gasteiger partial charge in [0.2, 0.25) is 5.91 Å². The third-order valence-electron chi connectivity index (χ3n) is 6.40. The molecular weight excluding hydrogens is 350 g/mol. The average molecular weight is 379 g/mol. The molecule has 27 heavy (non-hydrogen) atoms. The number of ether oxygens (including phenoxy) is 2. The molecule has 1 N–H and O–H groups in total. The molecule has 0 radical (unpaired) electrons. The second kappa shape index (κ2) is 7.75. The summed E-state index contributed by atoms with van der Waals surface area (Å²) in [5, 5.41) is 2.88. The van der Waals surface area contributed by atoms with E-state index < -0.39 is 5.54 Å². The number of hydrogen-bond acceptors (Lipinski definition) is 5. The summed E-state index contributed by atoms with van der Waals surface area (Å²) in [6.45, 7) is 3.08. The summed E-state index contributed by atoms with van der Waals surface area (Å²) in [5.74, 6) is 0.365. The molecule has 4 fully saturated rings. The van der Waals surface area contributed by atoms with Crippen LogP contribution in [0.15, 0.2) is 0 Å². The van der Waals surface area contributed by atoms with E-state index >= 15 is 0 Å². The van der Waals surface area contributed by atoms with E-state index in [0.717, 1.165) is 51.6 Å². The van der Waals surface area contributed by atoms with Crippen LogP contribution in [0.2, 0.25) is 0 Å². The highest BCUT2D eigenvalue weighted by atomic mass is 16.7. The van der Waals surface area contributed by atoms with E-state index in [1.54, 1.807) is 0 Å². The van der Waals surface area contributed by atoms with Gasteiger partial charge in [-0.2, -0.15) is 0 Å². The van der Waals surface area contributed by atoms with Crippen LogP contribution < -0.4 is 5.32 Å². The average Bonchev–Trinajstić information content (AvgIpc) is 3.41. The molecule has 4 rings (SSSR count). The molecule has 0 aromatic rings. The summed E-state index contributed by atoms with van der Waals surface area (Å²) >= 11 is 0. The SMILES string of the molecule is O=C(CCCN1C(=O)NC2(CCCC2)C1=O)N1CCC(C2OCCO2)CC1. The lowest BCUT2D eigenvalue weighted by molar-refractivity contribution is -0.137. The van der Waals surface area contributed by atoms with E-state index in [0.29, 0.717) is 38.5 Å². The first-order chi connectivity index (χ1) is 13.1. The molecule has 1 saturated carbocycles. The van der Waals surface area contributed by atoms with E-state index in [1.165, 1.54) is 4.90 Å². The van der Waals surface area contributed by atoms with Crippen molar-refractivity contribution in [3.63, 3.8) is 0 Å². The first-order valence-corrected chi connectivity index (χ1v) is 10.2. The molecule has 8 heteroatoms. The Balaban J connectivity index is 1.20. The topological polar surface area (TPSA) is 88.2 Å². The predicted octanol–water partition coefficient (Wildman–Crippen LogP) is 1.24. The van der Waals surface area contributed by atoms with Gasteiger partial charge in [0.05, 0.1) is 13.2 Å². The highest BCUT2D eigenvalue weighted by Gasteiger charge is 2.52. The Morgan fingerprint density at radius 3 is 2.44 bits per heavy atom. The van der Waals surface area contributed by atoms with Crippen LogP contribution >= 0.6 is 0 Å². The third-order valence-corrected chi connectivity index (χ3v) is 6.40. The Hall–Kier alpha value is -1.67. The van der Waals surface area contributed by atoms with Crippen molar-refractivity contribution in [2.24, 2.45) is 5.92 Å². The number of rotatable bonds is 5. The Morgan fingerprint density at radius 2 is 1.78 bits per heavy atom. The van der Waals surface area contributed by atoms with Crippen LogP contribution in [0, 0.1) is 5.92 Å². The van der Waals surface area contributed by atoms with Gasteiger partial charge in [0.25, 0.3) is 5.91 Å². The molecule has 0 atom stereocenters. The van der Waals surface area contributed by atoms with Crippen LogP contribution in [0.5, 0.6) is 0 Å². The minimum atomic E-state index is -0.659. The zero-order valence-corrected chi connectivity index (χ0v) is 15.8. The van der Waals surface area contributed by atoms with Crippen molar-refractivity contribution in [1.82, 2.24) is 15.1 Å². The summed E-state index contributed by atoms with van der Waals surface area (Å²) in [4.78, 5) is 40.4. The lowest BCUT2D eigenvalue weighted by atomic mass is 9.96. The molecule has 0 aromatic carbocycles. The summed E-state index contributed by atoms with van der Waals surface area (Å²) in [5.41, 5.74) is -0.659. The van der Waals surface area contributed by atoms with Crippen molar-refractivity contribution >= 4 is 17.8 Å². The minimum Gasteiger partial charge on any atom is -0.350 e. The lowest BCUT2D eigenvalue weighted by Gasteiger charge is -2.34. The normalized spacial score (nSPS) is 26.4. The number of imide groups is 1. The van der Waals surface area contributed by atoms with Gasteiger partial charge in [0, 0.05) is 32.0 Å². The number of carbonyl (C=O) groups is 3. The number of piperidine rings is 1. The van der Waals surface area contributed by atoms with Crippen molar-refractivity contribution in [1.29, 1.82) is 0 Å². The highest BCUT2D eigenvalue weighted by Crippen LogP contribution is 2.35. The smallest absolute Gasteiger partial charge is 0.325 e. The summed E-state index contributed by atoms with van der Waals surface area (Å²) in [7, 11) is 0. The van der Waals surface area contributed by atoms with Crippen LogP contribution in [0.3, 0.4) is 0 Å². The molecule has 4 amide bonds. The maximum absolute atomic E-state index is 12.6. The number of nitrogens with one attached hydrogen (secondary N) is 1. The fraction of sp³-hybridized carbons (Fsp3) is 0.842. The molecule has 0 unspecified atom stereocenters. The fourth-order valence-corrected chi connectivity index (χ4v) is 4.81. The van der Waals surface area contributed by atoms with Gasteiger partial charge in [-0.05, 0) is 32.1 Å². The molecule has 3 aliphatic heterocycles. The summed E-state index contributed by atoms with van der Waals surface area (Å²) < 4.78 is 11.1. The monoisotopic (exact) mass is 379 g/mol. The number of carbonyl (C=O) groups excluding carboxylic acids is 3. The molecule has 0 bridgehead atoms. The number of amides is 4. The van der Waals surface area contributed by atoms with Gasteiger partial charge in [-0.1, -0.05) is 12.8 Å². The largest absolute Gasteiger partial charge is 0.350 e. The molecule has 150 valence electrons. The maximum atomic E-state index is 12.6. The van der Waals surface area contributed by atoms with Gasteiger partial charge in [0.15, 0.2) is 6.29 Å². The standard InChI is InChI=1S/C19H29N3O5/c23-15(21-10-5-14(6-11-21)16-26-12-13-27-16)4-3-9-22-17(24)19(20-18(22)25)7-1-2-8-19/h14,16H,1-13H2,(H,20,25). The quantitative estimate of drug-likeness (QED) is 0.726. The molecular formula is C19H29N3O5. The van der Waals surface area contributed by atoms with Crippen LogP contribution in [0.1, 0.15) is 51.4 Å². The number of nitrogens with zero attached hydrogens (tertiary/aromatic N) is 2. The number of likely N-dealkylation sites (tertiary alicyclic amines) is 1. The van der Waals surface area contributed by atoms with Crippen molar-refractivity contribution < 1.29 is 23.9 Å². The third kappa shape index (κ3) is 3.69. The Bertz CT molecular complexity index is 590. The summed E-state index contributed by atoms with van der Waals surface area (Å²) in [6.07, 6.45) is 5.99. The molecule has 1 aliphatic carbocycles. The minimum absolute atomic E-state index is 0.101. The second-order valence-electron chi connectivity index (χ2n) is 8.11. The summed E-state index contributed by atoms with van der Waals surface area (Å²) in [6, 6.07) is -0.299. The second-order valence-corrected chi connectivity index (χ2v) is 8.11. The van der Waals surface area contributed by atoms with Crippen LogP contribution in [-0.4, -0.2) is 72.3 Å². The van der Waals surface area contributed by atoms with Gasteiger partial charge >= 0.3 is 6.03 Å². The first-order valence-electron chi connectivity index (χ1n) is 10.2. The maximum Gasteiger partial charge on any atom is 0.325 e. The Kier molecular flexibility index (Phi) is 5.36. The predicted molar refractivity (Wildman–Crippen MR) is 95.7 cm³/mol. The zero-order chi connectivity index (χ0) is 18.9. The van der Waals surface area contributed by atoms with E-state index in [9.17, 15) is 14.4 Å². The van der Waals surface area contributed by atoms with E-state index in [2.05, 4.69) is 5.32 Å². The van der Waals surface area contributed by atoms with Gasteiger partial charge in [-0.15, -0.1) is 0 Å². The highest BCUT2D eigenvalue weighted by molar-refractivity contribution is 6.07. The van der Waals surface area contributed by atoms with Crippen LogP contribution in [0.25, 0.3) is 0 Å². The zero-order valence-electron chi connectivity index (χ0n) is 15.8. The van der Waals surface area contributed by atoms with E-state index in [-0.39, 0.29) is 24.1 Å². The van der Waals surface area contributed by atoms with Gasteiger partial charge in [0.1, 0.15) is 5.54 Å². The molecule has 0 aromatic heterocycles. The van der Waals surface area contributed by atoms with Crippen molar-refractivity contribution in [3.8, 4) is 0 Å². The molecule has 1 spiro atoms. The Labute approximate surface area is 159 Å². The van der Waals surface area contributed by atoms with Crippen molar-refractivity contribution in [2.75, 3.05) is 32.8 Å². The first kappa shape index (κ1) is 18.7. The fourth-order valence-electron chi connectivity index (χ4n) is 4.81. The van der Waals surface area contributed by atoms with Crippen molar-refractivity contribution in [2.45, 2.75) is 63.2 Å². The number of urea groups is 1. The molecule has 3 saturated heterocycles.